The van der Waals surface area contributed by atoms with Gasteiger partial charge in [0.2, 0.25) is 0 Å². The molecule has 0 saturated heterocycles. The number of hydrogen-bond donors (Lipinski definition) is 1. The van der Waals surface area contributed by atoms with Crippen LogP contribution in [0.15, 0.2) is 54.0 Å². The Hall–Kier alpha value is -2.67. The number of nitrogens with one attached hydrogen (secondary N) is 1. The van der Waals surface area contributed by atoms with E-state index in [-0.39, 0.29) is 6.03 Å². The van der Waals surface area contributed by atoms with Crippen molar-refractivity contribution >= 4 is 17.4 Å². The Morgan fingerprint density at radius 1 is 1.25 bits per heavy atom. The largest absolute Gasteiger partial charge is 0.332 e. The number of thiophene rings is 1. The molecule has 6 nitrogen and oxygen atoms in total. The molecule has 3 aromatic rings. The highest BCUT2D eigenvalue weighted by Crippen LogP contribution is 2.09. The summed E-state index contributed by atoms with van der Waals surface area (Å²) in [6.07, 6.45) is 2.69. The highest BCUT2D eigenvalue weighted by Gasteiger charge is 2.10. The lowest BCUT2D eigenvalue weighted by atomic mass is 10.3. The summed E-state index contributed by atoms with van der Waals surface area (Å²) in [4.78, 5) is 15.1. The van der Waals surface area contributed by atoms with Crippen LogP contribution in [0.2, 0.25) is 0 Å². The van der Waals surface area contributed by atoms with E-state index in [9.17, 15) is 4.79 Å². The number of nitrogens with zero attached hydrogens (tertiary/aromatic N) is 4. The van der Waals surface area contributed by atoms with Crippen molar-refractivity contribution < 1.29 is 4.79 Å². The third-order valence-electron chi connectivity index (χ3n) is 3.60. The van der Waals surface area contributed by atoms with Gasteiger partial charge in [0.15, 0.2) is 0 Å². The summed E-state index contributed by atoms with van der Waals surface area (Å²) in [6.45, 7) is 1.04. The zero-order valence-electron chi connectivity index (χ0n) is 13.4. The number of amides is 2. The Bertz CT molecular complexity index is 769. The molecule has 0 aliphatic carbocycles. The Balaban J connectivity index is 1.48. The van der Waals surface area contributed by atoms with Crippen LogP contribution in [0.5, 0.6) is 0 Å². The number of rotatable bonds is 6. The molecule has 1 aromatic carbocycles. The SMILES string of the molecule is CN(CCc1cccs1)C(=O)NCc1cn(-c2ccccc2)nn1. The van der Waals surface area contributed by atoms with E-state index < -0.39 is 0 Å². The minimum Gasteiger partial charge on any atom is -0.332 e. The number of urea groups is 1. The van der Waals surface area contributed by atoms with Crippen LogP contribution >= 0.6 is 11.3 Å². The Kier molecular flexibility index (Phi) is 5.22. The van der Waals surface area contributed by atoms with Gasteiger partial charge in [-0.15, -0.1) is 16.4 Å². The number of carbonyl (C=O) groups excluding carboxylic acids is 1. The molecule has 0 atom stereocenters. The second-order valence-corrected chi connectivity index (χ2v) is 6.43. The summed E-state index contributed by atoms with van der Waals surface area (Å²) < 4.78 is 1.70. The van der Waals surface area contributed by atoms with Gasteiger partial charge in [-0.1, -0.05) is 29.5 Å². The summed E-state index contributed by atoms with van der Waals surface area (Å²) in [7, 11) is 1.80. The van der Waals surface area contributed by atoms with Crippen LogP contribution in [0.25, 0.3) is 5.69 Å². The second-order valence-electron chi connectivity index (χ2n) is 5.40. The fourth-order valence-corrected chi connectivity index (χ4v) is 2.92. The summed E-state index contributed by atoms with van der Waals surface area (Å²) >= 11 is 1.71. The van der Waals surface area contributed by atoms with Gasteiger partial charge in [0.1, 0.15) is 5.69 Å². The monoisotopic (exact) mass is 341 g/mol. The number of hydrogen-bond acceptors (Lipinski definition) is 4. The molecule has 1 N–H and O–H groups in total. The van der Waals surface area contributed by atoms with Crippen molar-refractivity contribution in [1.82, 2.24) is 25.2 Å². The third-order valence-corrected chi connectivity index (χ3v) is 4.54. The van der Waals surface area contributed by atoms with Crippen LogP contribution in [0, 0.1) is 0 Å². The maximum Gasteiger partial charge on any atom is 0.317 e. The number of aromatic nitrogens is 3. The van der Waals surface area contributed by atoms with E-state index in [0.717, 1.165) is 17.8 Å². The first-order valence-electron chi connectivity index (χ1n) is 7.70. The zero-order chi connectivity index (χ0) is 16.8. The quantitative estimate of drug-likeness (QED) is 0.750. The van der Waals surface area contributed by atoms with Gasteiger partial charge in [-0.3, -0.25) is 0 Å². The van der Waals surface area contributed by atoms with Gasteiger partial charge < -0.3 is 10.2 Å². The molecule has 0 aliphatic heterocycles. The first kappa shape index (κ1) is 16.2. The summed E-state index contributed by atoms with van der Waals surface area (Å²) in [5, 5.41) is 13.1. The molecule has 0 bridgehead atoms. The first-order valence-corrected chi connectivity index (χ1v) is 8.58. The van der Waals surface area contributed by atoms with Gasteiger partial charge in [0.25, 0.3) is 0 Å². The van der Waals surface area contributed by atoms with Crippen molar-refractivity contribution in [2.45, 2.75) is 13.0 Å². The van der Waals surface area contributed by atoms with Gasteiger partial charge in [-0.25, -0.2) is 9.48 Å². The average Bonchev–Trinajstić information content (AvgIpc) is 3.30. The van der Waals surface area contributed by atoms with Crippen molar-refractivity contribution in [3.8, 4) is 5.69 Å². The summed E-state index contributed by atoms with van der Waals surface area (Å²) in [6, 6.07) is 13.7. The number of likely N-dealkylation sites (N-methyl/N-ethyl adjacent to an activating group) is 1. The van der Waals surface area contributed by atoms with E-state index >= 15 is 0 Å². The molecule has 0 fully saturated rings. The molecule has 2 amide bonds. The number of benzene rings is 1. The minimum atomic E-state index is -0.110. The molecular weight excluding hydrogens is 322 g/mol. The second kappa shape index (κ2) is 7.74. The van der Waals surface area contributed by atoms with Crippen LogP contribution in [0.4, 0.5) is 4.79 Å². The third kappa shape index (κ3) is 4.20. The molecule has 3 rings (SSSR count). The van der Waals surface area contributed by atoms with Crippen molar-refractivity contribution in [2.75, 3.05) is 13.6 Å². The van der Waals surface area contributed by atoms with Crippen LogP contribution in [0.1, 0.15) is 10.6 Å². The van der Waals surface area contributed by atoms with Crippen molar-refractivity contribution in [1.29, 1.82) is 0 Å². The van der Waals surface area contributed by atoms with Gasteiger partial charge in [0, 0.05) is 18.5 Å². The van der Waals surface area contributed by atoms with E-state index in [1.165, 1.54) is 4.88 Å². The van der Waals surface area contributed by atoms with Gasteiger partial charge >= 0.3 is 6.03 Å². The maximum atomic E-state index is 12.1. The molecule has 24 heavy (non-hydrogen) atoms. The van der Waals surface area contributed by atoms with E-state index in [1.54, 1.807) is 28.0 Å². The highest BCUT2D eigenvalue weighted by atomic mass is 32.1. The predicted molar refractivity (Wildman–Crippen MR) is 94.2 cm³/mol. The van der Waals surface area contributed by atoms with E-state index in [4.69, 9.17) is 0 Å². The molecule has 2 heterocycles. The maximum absolute atomic E-state index is 12.1. The molecule has 0 unspecified atom stereocenters. The molecule has 0 aliphatic rings. The fourth-order valence-electron chi connectivity index (χ4n) is 2.22. The molecule has 124 valence electrons. The molecule has 2 aromatic heterocycles. The number of carbonyl (C=O) groups is 1. The zero-order valence-corrected chi connectivity index (χ0v) is 14.2. The van der Waals surface area contributed by atoms with Crippen LogP contribution in [-0.4, -0.2) is 39.5 Å². The average molecular weight is 341 g/mol. The van der Waals surface area contributed by atoms with Crippen molar-refractivity contribution in [3.05, 3.63) is 64.6 Å². The predicted octanol–water partition coefficient (Wildman–Crippen LogP) is 2.71. The topological polar surface area (TPSA) is 63.1 Å². The van der Waals surface area contributed by atoms with Crippen LogP contribution < -0.4 is 5.32 Å². The Labute approximate surface area is 144 Å². The fraction of sp³-hybridized carbons (Fsp3) is 0.235. The van der Waals surface area contributed by atoms with Gasteiger partial charge in [0.05, 0.1) is 18.4 Å². The lowest BCUT2D eigenvalue weighted by molar-refractivity contribution is 0.209. The van der Waals surface area contributed by atoms with Crippen molar-refractivity contribution in [2.24, 2.45) is 0 Å². The number of para-hydroxylation sites is 1. The Morgan fingerprint density at radius 2 is 2.08 bits per heavy atom. The smallest absolute Gasteiger partial charge is 0.317 e. The highest BCUT2D eigenvalue weighted by molar-refractivity contribution is 7.09. The molecule has 0 radical (unpaired) electrons. The molecule has 0 spiro atoms. The van der Waals surface area contributed by atoms with Crippen LogP contribution in [-0.2, 0) is 13.0 Å². The van der Waals surface area contributed by atoms with E-state index in [2.05, 4.69) is 21.7 Å². The summed E-state index contributed by atoms with van der Waals surface area (Å²) in [5.41, 5.74) is 1.66. The lowest BCUT2D eigenvalue weighted by Crippen LogP contribution is -2.38. The lowest BCUT2D eigenvalue weighted by Gasteiger charge is -2.17. The molecule has 0 saturated carbocycles. The standard InChI is InChI=1S/C17H19N5OS/c1-21(10-9-16-8-5-11-24-16)17(23)18-12-14-13-22(20-19-14)15-6-3-2-4-7-15/h2-8,11,13H,9-10,12H2,1H3,(H,18,23). The van der Waals surface area contributed by atoms with Crippen LogP contribution in [0.3, 0.4) is 0 Å². The minimum absolute atomic E-state index is 0.110. The Morgan fingerprint density at radius 3 is 2.83 bits per heavy atom. The summed E-state index contributed by atoms with van der Waals surface area (Å²) in [5.74, 6) is 0. The van der Waals surface area contributed by atoms with Gasteiger partial charge in [-0.2, -0.15) is 0 Å². The van der Waals surface area contributed by atoms with Crippen molar-refractivity contribution in [3.63, 3.8) is 0 Å². The van der Waals surface area contributed by atoms with E-state index in [0.29, 0.717) is 13.1 Å². The molecule has 7 heteroatoms. The van der Waals surface area contributed by atoms with Gasteiger partial charge in [-0.05, 0) is 30.0 Å². The normalized spacial score (nSPS) is 10.5. The van der Waals surface area contributed by atoms with E-state index in [1.807, 2.05) is 48.0 Å². The first-order chi connectivity index (χ1) is 11.7. The molecular formula is C17H19N5OS.